The number of hydrogen-bond acceptors (Lipinski definition) is 5. The summed E-state index contributed by atoms with van der Waals surface area (Å²) in [4.78, 5) is 20.5. The molecule has 0 amide bonds. The fraction of sp³-hybridized carbons (Fsp3) is 0.400. The molecule has 1 aliphatic rings. The molecule has 9 heteroatoms. The maximum absolute atomic E-state index is 4.43. The van der Waals surface area contributed by atoms with Crippen LogP contribution >= 0.6 is 0 Å². The number of nitrogens with zero attached hydrogens (tertiary/aromatic N) is 9. The third-order valence-electron chi connectivity index (χ3n) is 7.38. The Bertz CT molecular complexity index is 1860. The standard InChI is InChI=1S/C9H9N.C8H8N2.C8H13N.C6H6N4.C6H9N.4C2H6/c1-10-7-6-8-4-2-3-5-9(8)10;1-10-6-9-7-4-2-3-5-8(7)10;1-6-5-8(3,4)9-7(6)2;1-10-4-9-5-2-7-3-8-6(5)10;1-6-3-4-7(2)5-6;4*1-2/h2-7H,1H3;2-6H,1H3;5H,1-4H3;2-4H,1H3;3-5H,1-2H3;4*1-2H3. The van der Waals surface area contributed by atoms with Crippen LogP contribution in [-0.4, -0.2) is 49.5 Å². The van der Waals surface area contributed by atoms with Crippen LogP contribution in [0.3, 0.4) is 0 Å². The first-order valence-corrected chi connectivity index (χ1v) is 19.2. The highest BCUT2D eigenvalue weighted by Gasteiger charge is 2.19. The summed E-state index contributed by atoms with van der Waals surface area (Å²) in [6.45, 7) is 26.5. The Kier molecular flexibility index (Phi) is 23.9. The van der Waals surface area contributed by atoms with Crippen LogP contribution in [0.4, 0.5) is 0 Å². The number of aromatic nitrogens is 8. The van der Waals surface area contributed by atoms with Gasteiger partial charge in [0, 0.05) is 58.0 Å². The Labute approximate surface area is 326 Å². The van der Waals surface area contributed by atoms with Gasteiger partial charge in [-0.1, -0.05) is 91.8 Å². The Morgan fingerprint density at radius 1 is 0.574 bits per heavy atom. The Balaban J connectivity index is 0.000000623. The van der Waals surface area contributed by atoms with Crippen LogP contribution < -0.4 is 0 Å². The molecule has 0 radical (unpaired) electrons. The van der Waals surface area contributed by atoms with Crippen molar-refractivity contribution in [3.05, 3.63) is 122 Å². The number of imidazole rings is 2. The van der Waals surface area contributed by atoms with Gasteiger partial charge in [0.1, 0.15) is 11.8 Å². The summed E-state index contributed by atoms with van der Waals surface area (Å²) in [5, 5.41) is 1.31. The Hall–Kier alpha value is -5.31. The number of aliphatic imine (C=N–C) groups is 1. The van der Waals surface area contributed by atoms with E-state index in [-0.39, 0.29) is 5.54 Å². The summed E-state index contributed by atoms with van der Waals surface area (Å²) >= 11 is 0. The molecule has 7 aromatic rings. The first-order valence-electron chi connectivity index (χ1n) is 19.2. The normalized spacial score (nSPS) is 11.4. The molecular formula is C45H69N9. The van der Waals surface area contributed by atoms with E-state index in [1.165, 1.54) is 39.6 Å². The Morgan fingerprint density at radius 3 is 1.61 bits per heavy atom. The van der Waals surface area contributed by atoms with Crippen molar-refractivity contribution in [2.24, 2.45) is 33.2 Å². The van der Waals surface area contributed by atoms with Gasteiger partial charge < -0.3 is 18.3 Å². The summed E-state index contributed by atoms with van der Waals surface area (Å²) in [5.74, 6) is 0. The Morgan fingerprint density at radius 2 is 1.15 bits per heavy atom. The van der Waals surface area contributed by atoms with Gasteiger partial charge in [-0.2, -0.15) is 0 Å². The lowest BCUT2D eigenvalue weighted by atomic mass is 10.1. The second kappa shape index (κ2) is 26.5. The third kappa shape index (κ3) is 16.1. The summed E-state index contributed by atoms with van der Waals surface area (Å²) in [6, 6.07) is 20.6. The van der Waals surface area contributed by atoms with Gasteiger partial charge in [0.15, 0.2) is 5.65 Å². The molecule has 0 saturated heterocycles. The number of benzene rings is 2. The molecule has 0 unspecified atom stereocenters. The molecule has 0 atom stereocenters. The molecule has 5 aromatic heterocycles. The lowest BCUT2D eigenvalue weighted by Crippen LogP contribution is -2.08. The summed E-state index contributed by atoms with van der Waals surface area (Å²) < 4.78 is 8.02. The van der Waals surface area contributed by atoms with Crippen molar-refractivity contribution in [2.45, 2.75) is 95.5 Å². The summed E-state index contributed by atoms with van der Waals surface area (Å²) in [7, 11) is 7.98. The quantitative estimate of drug-likeness (QED) is 0.155. The number of rotatable bonds is 0. The molecule has 1 aliphatic heterocycles. The van der Waals surface area contributed by atoms with E-state index in [2.05, 4.69) is 132 Å². The lowest BCUT2D eigenvalue weighted by Gasteiger charge is -2.08. The van der Waals surface area contributed by atoms with E-state index in [1.807, 2.05) is 121 Å². The van der Waals surface area contributed by atoms with Gasteiger partial charge in [0.25, 0.3) is 0 Å². The minimum absolute atomic E-state index is 0.0637. The highest BCUT2D eigenvalue weighted by Crippen LogP contribution is 2.21. The zero-order valence-electron chi connectivity index (χ0n) is 36.4. The molecule has 8 rings (SSSR count). The maximum atomic E-state index is 4.43. The largest absolute Gasteiger partial charge is 0.357 e. The molecule has 294 valence electrons. The minimum atomic E-state index is 0.0637. The van der Waals surface area contributed by atoms with Crippen molar-refractivity contribution in [1.82, 2.24) is 38.2 Å². The van der Waals surface area contributed by atoms with Crippen molar-refractivity contribution in [1.29, 1.82) is 0 Å². The SMILES string of the molecule is CC.CC.CC.CC.CC1=CC(C)(C)N=C1C.Cc1ccn(C)c1.Cn1ccc2ccccc21.Cn1cnc2ccccc21.Cn1cnc2cncnc21. The van der Waals surface area contributed by atoms with E-state index >= 15 is 0 Å². The van der Waals surface area contributed by atoms with Gasteiger partial charge in [0.05, 0.1) is 35.4 Å². The van der Waals surface area contributed by atoms with Crippen molar-refractivity contribution in [3.63, 3.8) is 0 Å². The molecule has 2 aromatic carbocycles. The van der Waals surface area contributed by atoms with Gasteiger partial charge in [-0.05, 0) is 81.5 Å². The van der Waals surface area contributed by atoms with Gasteiger partial charge in [-0.15, -0.1) is 0 Å². The van der Waals surface area contributed by atoms with Crippen molar-refractivity contribution in [3.8, 4) is 0 Å². The molecule has 54 heavy (non-hydrogen) atoms. The fourth-order valence-electron chi connectivity index (χ4n) is 5.02. The topological polar surface area (TPSA) is 83.6 Å². The second-order valence-corrected chi connectivity index (χ2v) is 11.9. The first-order chi connectivity index (χ1) is 25.9. The van der Waals surface area contributed by atoms with E-state index in [0.717, 1.165) is 16.7 Å². The van der Waals surface area contributed by atoms with Gasteiger partial charge in [-0.3, -0.25) is 4.99 Å². The third-order valence-corrected chi connectivity index (χ3v) is 7.38. The van der Waals surface area contributed by atoms with Crippen LogP contribution in [0, 0.1) is 6.92 Å². The maximum Gasteiger partial charge on any atom is 0.162 e. The van der Waals surface area contributed by atoms with Crippen LogP contribution in [0.2, 0.25) is 0 Å². The molecule has 0 bridgehead atoms. The lowest BCUT2D eigenvalue weighted by molar-refractivity contribution is 0.668. The zero-order valence-corrected chi connectivity index (χ0v) is 36.4. The predicted molar refractivity (Wildman–Crippen MR) is 236 cm³/mol. The van der Waals surface area contributed by atoms with E-state index in [9.17, 15) is 0 Å². The number of fused-ring (bicyclic) bond motifs is 3. The molecule has 0 spiro atoms. The number of allylic oxidation sites excluding steroid dienone is 1. The molecule has 0 saturated carbocycles. The average molecular weight is 736 g/mol. The van der Waals surface area contributed by atoms with Crippen LogP contribution in [-0.2, 0) is 28.2 Å². The number of aryl methyl sites for hydroxylation is 5. The average Bonchev–Trinajstić information content (AvgIpc) is 4.02. The molecule has 9 nitrogen and oxygen atoms in total. The molecule has 6 heterocycles. The second-order valence-electron chi connectivity index (χ2n) is 11.9. The monoisotopic (exact) mass is 736 g/mol. The first kappa shape index (κ1) is 48.7. The summed E-state index contributed by atoms with van der Waals surface area (Å²) in [5.41, 5.74) is 9.13. The van der Waals surface area contributed by atoms with E-state index < -0.39 is 0 Å². The number of para-hydroxylation sites is 3. The van der Waals surface area contributed by atoms with Crippen LogP contribution in [0.5, 0.6) is 0 Å². The number of hydrogen-bond donors (Lipinski definition) is 0. The van der Waals surface area contributed by atoms with Crippen LogP contribution in [0.15, 0.2) is 121 Å². The molecule has 0 aliphatic carbocycles. The highest BCUT2D eigenvalue weighted by atomic mass is 15.1. The van der Waals surface area contributed by atoms with E-state index in [0.29, 0.717) is 0 Å². The summed E-state index contributed by atoms with van der Waals surface area (Å²) in [6.07, 6.45) is 15.2. The fourth-order valence-corrected chi connectivity index (χ4v) is 5.02. The minimum Gasteiger partial charge on any atom is -0.357 e. The van der Waals surface area contributed by atoms with Gasteiger partial charge >= 0.3 is 0 Å². The highest BCUT2D eigenvalue weighted by molar-refractivity contribution is 6.00. The molecule has 0 fully saturated rings. The van der Waals surface area contributed by atoms with Crippen molar-refractivity contribution in [2.75, 3.05) is 0 Å². The van der Waals surface area contributed by atoms with E-state index in [1.54, 1.807) is 12.5 Å². The van der Waals surface area contributed by atoms with Crippen molar-refractivity contribution < 1.29 is 0 Å². The predicted octanol–water partition coefficient (Wildman–Crippen LogP) is 11.7. The molecule has 0 N–H and O–H groups in total. The smallest absolute Gasteiger partial charge is 0.162 e. The van der Waals surface area contributed by atoms with E-state index in [4.69, 9.17) is 0 Å². The van der Waals surface area contributed by atoms with Crippen molar-refractivity contribution >= 4 is 38.8 Å². The van der Waals surface area contributed by atoms with Crippen LogP contribution in [0.1, 0.15) is 88.6 Å². The van der Waals surface area contributed by atoms with Gasteiger partial charge in [-0.25, -0.2) is 19.9 Å². The molecular weight excluding hydrogens is 667 g/mol. The van der Waals surface area contributed by atoms with Gasteiger partial charge in [0.2, 0.25) is 0 Å². The van der Waals surface area contributed by atoms with Crippen LogP contribution in [0.25, 0.3) is 33.1 Å². The zero-order chi connectivity index (χ0) is 41.3.